The van der Waals surface area contributed by atoms with Crippen molar-refractivity contribution < 1.29 is 9.47 Å². The first-order valence-electron chi connectivity index (χ1n) is 6.95. The molecule has 1 aromatic carbocycles. The molecule has 0 saturated carbocycles. The van der Waals surface area contributed by atoms with Gasteiger partial charge in [-0.3, -0.25) is 4.90 Å². The Bertz CT molecular complexity index is 319. The number of benzene rings is 1. The fourth-order valence-corrected chi connectivity index (χ4v) is 2.40. The van der Waals surface area contributed by atoms with Crippen LogP contribution in [0.15, 0.2) is 30.3 Å². The first-order chi connectivity index (χ1) is 9.40. The molecule has 0 amide bonds. The van der Waals surface area contributed by atoms with Crippen LogP contribution >= 0.6 is 0 Å². The van der Waals surface area contributed by atoms with Gasteiger partial charge in [0.15, 0.2) is 0 Å². The van der Waals surface area contributed by atoms with Gasteiger partial charge in [-0.15, -0.1) is 0 Å². The van der Waals surface area contributed by atoms with Gasteiger partial charge < -0.3 is 14.8 Å². The molecule has 2 saturated heterocycles. The molecule has 2 heterocycles. The van der Waals surface area contributed by atoms with Crippen molar-refractivity contribution in [1.29, 1.82) is 0 Å². The van der Waals surface area contributed by atoms with Gasteiger partial charge in [0.1, 0.15) is 0 Å². The third kappa shape index (κ3) is 4.91. The minimum Gasteiger partial charge on any atom is -0.380 e. The molecule has 1 unspecified atom stereocenters. The van der Waals surface area contributed by atoms with Crippen molar-refractivity contribution in [3.63, 3.8) is 0 Å². The molecule has 0 radical (unpaired) electrons. The number of nitrogens with one attached hydrogen (secondary N) is 1. The van der Waals surface area contributed by atoms with Crippen LogP contribution in [-0.4, -0.2) is 57.4 Å². The van der Waals surface area contributed by atoms with Crippen molar-refractivity contribution in [1.82, 2.24) is 10.2 Å². The number of rotatable bonds is 2. The Kier molecular flexibility index (Phi) is 6.30. The zero-order valence-corrected chi connectivity index (χ0v) is 11.7. The highest BCUT2D eigenvalue weighted by Crippen LogP contribution is 2.07. The summed E-state index contributed by atoms with van der Waals surface area (Å²) in [5, 5.41) is 3.36. The molecule has 19 heavy (non-hydrogen) atoms. The van der Waals surface area contributed by atoms with Gasteiger partial charge in [-0.05, 0) is 5.56 Å². The molecule has 0 bridgehead atoms. The van der Waals surface area contributed by atoms with Crippen LogP contribution in [0.1, 0.15) is 5.56 Å². The molecule has 2 aliphatic heterocycles. The topological polar surface area (TPSA) is 33.7 Å². The van der Waals surface area contributed by atoms with E-state index < -0.39 is 0 Å². The third-order valence-corrected chi connectivity index (χ3v) is 3.46. The maximum Gasteiger partial charge on any atom is 0.0713 e. The summed E-state index contributed by atoms with van der Waals surface area (Å²) >= 11 is 0. The number of fused-ring (bicyclic) bond motifs is 1. The summed E-state index contributed by atoms with van der Waals surface area (Å²) in [7, 11) is 1.70. The lowest BCUT2D eigenvalue weighted by molar-refractivity contribution is -0.0168. The number of morpholine rings is 1. The molecule has 106 valence electrons. The molecule has 1 N–H and O–H groups in total. The second kappa shape index (κ2) is 8.27. The van der Waals surface area contributed by atoms with E-state index in [1.807, 2.05) is 30.3 Å². The summed E-state index contributed by atoms with van der Waals surface area (Å²) in [6.45, 7) is 7.15. The standard InChI is InChI=1S/C8H10O.C7H14N2O/c1-9-7-8-5-3-2-4-6-8;1-2-9-3-4-10-6-7(9)5-8-1/h2-6H,7H2,1H3;7-8H,1-6H2. The monoisotopic (exact) mass is 264 g/mol. The average molecular weight is 264 g/mol. The molecule has 0 aromatic heterocycles. The van der Waals surface area contributed by atoms with Crippen molar-refractivity contribution in [2.45, 2.75) is 12.6 Å². The van der Waals surface area contributed by atoms with E-state index in [-0.39, 0.29) is 0 Å². The molecule has 0 aliphatic carbocycles. The SMILES string of the molecule is C1CN2CCOCC2CN1.COCc1ccccc1. The quantitative estimate of drug-likeness (QED) is 0.868. The van der Waals surface area contributed by atoms with Gasteiger partial charge >= 0.3 is 0 Å². The first-order valence-corrected chi connectivity index (χ1v) is 6.95. The van der Waals surface area contributed by atoms with Crippen LogP contribution in [0.3, 0.4) is 0 Å². The number of piperazine rings is 1. The Morgan fingerprint density at radius 2 is 2.16 bits per heavy atom. The molecule has 4 heteroatoms. The fraction of sp³-hybridized carbons (Fsp3) is 0.600. The van der Waals surface area contributed by atoms with Gasteiger partial charge in [-0.2, -0.15) is 0 Å². The van der Waals surface area contributed by atoms with Crippen LogP contribution < -0.4 is 5.32 Å². The summed E-state index contributed by atoms with van der Waals surface area (Å²) in [5.74, 6) is 0. The van der Waals surface area contributed by atoms with Crippen molar-refractivity contribution in [3.05, 3.63) is 35.9 Å². The largest absolute Gasteiger partial charge is 0.380 e. The first kappa shape index (κ1) is 14.5. The zero-order valence-electron chi connectivity index (χ0n) is 11.7. The Hall–Kier alpha value is -0.940. The number of ether oxygens (including phenoxy) is 2. The summed E-state index contributed by atoms with van der Waals surface area (Å²) in [5.41, 5.74) is 1.22. The highest BCUT2D eigenvalue weighted by molar-refractivity contribution is 5.13. The Balaban J connectivity index is 0.000000141. The Morgan fingerprint density at radius 3 is 2.89 bits per heavy atom. The van der Waals surface area contributed by atoms with Crippen LogP contribution in [0, 0.1) is 0 Å². The third-order valence-electron chi connectivity index (χ3n) is 3.46. The highest BCUT2D eigenvalue weighted by Gasteiger charge is 2.24. The number of hydrogen-bond donors (Lipinski definition) is 1. The van der Waals surface area contributed by atoms with E-state index in [4.69, 9.17) is 9.47 Å². The molecule has 3 rings (SSSR count). The van der Waals surface area contributed by atoms with Gasteiger partial charge in [0.2, 0.25) is 0 Å². The maximum atomic E-state index is 5.36. The van der Waals surface area contributed by atoms with Crippen LogP contribution in [0.25, 0.3) is 0 Å². The zero-order chi connectivity index (χ0) is 13.3. The molecule has 2 fully saturated rings. The lowest BCUT2D eigenvalue weighted by Gasteiger charge is -2.39. The van der Waals surface area contributed by atoms with Gasteiger partial charge in [0, 0.05) is 39.3 Å². The van der Waals surface area contributed by atoms with Gasteiger partial charge in [-0.1, -0.05) is 30.3 Å². The minimum atomic E-state index is 0.655. The average Bonchev–Trinajstić information content (AvgIpc) is 2.50. The Morgan fingerprint density at radius 1 is 1.32 bits per heavy atom. The summed E-state index contributed by atoms with van der Waals surface area (Å²) < 4.78 is 10.3. The predicted octanol–water partition coefficient (Wildman–Crippen LogP) is 1.12. The molecule has 1 aromatic rings. The van der Waals surface area contributed by atoms with E-state index in [2.05, 4.69) is 10.2 Å². The normalized spacial score (nSPS) is 23.1. The van der Waals surface area contributed by atoms with Crippen LogP contribution in [-0.2, 0) is 16.1 Å². The van der Waals surface area contributed by atoms with E-state index in [0.717, 1.165) is 32.8 Å². The molecule has 0 spiro atoms. The lowest BCUT2D eigenvalue weighted by atomic mass is 10.2. The van der Waals surface area contributed by atoms with Crippen molar-refractivity contribution in [2.75, 3.05) is 46.5 Å². The van der Waals surface area contributed by atoms with Crippen molar-refractivity contribution >= 4 is 0 Å². The molecule has 4 nitrogen and oxygen atoms in total. The van der Waals surface area contributed by atoms with Crippen molar-refractivity contribution in [3.8, 4) is 0 Å². The molecule has 2 aliphatic rings. The van der Waals surface area contributed by atoms with Crippen LogP contribution in [0.4, 0.5) is 0 Å². The molecule has 1 atom stereocenters. The second-order valence-electron chi connectivity index (χ2n) is 4.89. The van der Waals surface area contributed by atoms with E-state index in [9.17, 15) is 0 Å². The Labute approximate surface area is 115 Å². The molecular weight excluding hydrogens is 240 g/mol. The summed E-state index contributed by atoms with van der Waals surface area (Å²) in [4.78, 5) is 2.51. The lowest BCUT2D eigenvalue weighted by Crippen LogP contribution is -2.56. The van der Waals surface area contributed by atoms with Gasteiger partial charge in [0.25, 0.3) is 0 Å². The summed E-state index contributed by atoms with van der Waals surface area (Å²) in [6, 6.07) is 10.8. The van der Waals surface area contributed by atoms with E-state index in [1.165, 1.54) is 12.1 Å². The molecular formula is C15H24N2O2. The number of nitrogens with zero attached hydrogens (tertiary/aromatic N) is 1. The van der Waals surface area contributed by atoms with Crippen LogP contribution in [0.2, 0.25) is 0 Å². The van der Waals surface area contributed by atoms with Crippen molar-refractivity contribution in [2.24, 2.45) is 0 Å². The van der Waals surface area contributed by atoms with Crippen LogP contribution in [0.5, 0.6) is 0 Å². The second-order valence-corrected chi connectivity index (χ2v) is 4.89. The van der Waals surface area contributed by atoms with Gasteiger partial charge in [-0.25, -0.2) is 0 Å². The highest BCUT2D eigenvalue weighted by atomic mass is 16.5. The van der Waals surface area contributed by atoms with E-state index in [0.29, 0.717) is 12.6 Å². The summed E-state index contributed by atoms with van der Waals surface area (Å²) in [6.07, 6.45) is 0. The van der Waals surface area contributed by atoms with E-state index >= 15 is 0 Å². The van der Waals surface area contributed by atoms with Gasteiger partial charge in [0.05, 0.1) is 19.8 Å². The number of hydrogen-bond acceptors (Lipinski definition) is 4. The number of methoxy groups -OCH3 is 1. The minimum absolute atomic E-state index is 0.655. The predicted molar refractivity (Wildman–Crippen MR) is 76.2 cm³/mol. The maximum absolute atomic E-state index is 5.36. The smallest absolute Gasteiger partial charge is 0.0713 e. The van der Waals surface area contributed by atoms with E-state index in [1.54, 1.807) is 7.11 Å². The fourth-order valence-electron chi connectivity index (χ4n) is 2.40.